The molecule has 0 aromatic heterocycles. The molecule has 2 fully saturated rings. The lowest BCUT2D eigenvalue weighted by molar-refractivity contribution is 0.0270. The van der Waals surface area contributed by atoms with Crippen molar-refractivity contribution in [3.63, 3.8) is 0 Å². The average molecular weight is 384 g/mol. The molecular weight excluding hydrogens is 359 g/mol. The smallest absolute Gasteiger partial charge is 0.0338 e. The third kappa shape index (κ3) is 3.04. The van der Waals surface area contributed by atoms with Crippen LogP contribution >= 0.6 is 22.6 Å². The predicted molar refractivity (Wildman–Crippen MR) is 92.8 cm³/mol. The fourth-order valence-electron chi connectivity index (χ4n) is 3.44. The van der Waals surface area contributed by atoms with Crippen molar-refractivity contribution in [2.24, 2.45) is 5.92 Å². The number of halogens is 1. The molecule has 1 saturated heterocycles. The van der Waals surface area contributed by atoms with Crippen LogP contribution in [-0.2, 0) is 6.54 Å². The van der Waals surface area contributed by atoms with E-state index in [9.17, 15) is 0 Å². The summed E-state index contributed by atoms with van der Waals surface area (Å²) in [6.45, 7) is 8.20. The topological polar surface area (TPSA) is 15.3 Å². The Morgan fingerprint density at radius 1 is 1.30 bits per heavy atom. The van der Waals surface area contributed by atoms with Gasteiger partial charge in [0.25, 0.3) is 0 Å². The molecule has 0 radical (unpaired) electrons. The van der Waals surface area contributed by atoms with Crippen LogP contribution in [0.4, 0.5) is 0 Å². The maximum atomic E-state index is 3.76. The Kier molecular flexibility index (Phi) is 4.39. The van der Waals surface area contributed by atoms with E-state index in [1.54, 1.807) is 0 Å². The van der Waals surface area contributed by atoms with E-state index >= 15 is 0 Å². The maximum absolute atomic E-state index is 3.76. The van der Waals surface area contributed by atoms with E-state index in [4.69, 9.17) is 0 Å². The van der Waals surface area contributed by atoms with Crippen molar-refractivity contribution >= 4 is 22.6 Å². The van der Waals surface area contributed by atoms with Gasteiger partial charge in [-0.25, -0.2) is 0 Å². The summed E-state index contributed by atoms with van der Waals surface area (Å²) in [5.74, 6) is 0.900. The average Bonchev–Trinajstić information content (AvgIpc) is 3.28. The van der Waals surface area contributed by atoms with Crippen molar-refractivity contribution < 1.29 is 0 Å². The molecule has 3 rings (SSSR count). The summed E-state index contributed by atoms with van der Waals surface area (Å²) >= 11 is 2.38. The Hall–Kier alpha value is -0.130. The summed E-state index contributed by atoms with van der Waals surface area (Å²) in [5.41, 5.74) is 1.81. The highest BCUT2D eigenvalue weighted by Crippen LogP contribution is 2.44. The highest BCUT2D eigenvalue weighted by Gasteiger charge is 2.47. The van der Waals surface area contributed by atoms with E-state index in [2.05, 4.69) is 70.9 Å². The Morgan fingerprint density at radius 3 is 2.60 bits per heavy atom. The minimum atomic E-state index is 0.356. The summed E-state index contributed by atoms with van der Waals surface area (Å²) in [7, 11) is 0. The van der Waals surface area contributed by atoms with E-state index in [-0.39, 0.29) is 0 Å². The molecule has 1 saturated carbocycles. The van der Waals surface area contributed by atoms with Crippen LogP contribution in [0.3, 0.4) is 0 Å². The number of hydrogen-bond donors (Lipinski definition) is 1. The second kappa shape index (κ2) is 5.93. The van der Waals surface area contributed by atoms with E-state index in [1.165, 1.54) is 34.9 Å². The van der Waals surface area contributed by atoms with Crippen LogP contribution in [0.2, 0.25) is 0 Å². The van der Waals surface area contributed by atoms with Gasteiger partial charge in [-0.15, -0.1) is 0 Å². The first kappa shape index (κ1) is 14.8. The normalized spacial score (nSPS) is 31.4. The zero-order chi connectivity index (χ0) is 14.2. The fraction of sp³-hybridized carbons (Fsp3) is 0.647. The lowest BCUT2D eigenvalue weighted by atomic mass is 9.88. The first-order valence-electron chi connectivity index (χ1n) is 7.84. The molecule has 1 N–H and O–H groups in total. The van der Waals surface area contributed by atoms with E-state index in [0.29, 0.717) is 11.6 Å². The largest absolute Gasteiger partial charge is 0.311 e. The number of rotatable bonds is 4. The van der Waals surface area contributed by atoms with Gasteiger partial charge in [-0.2, -0.15) is 0 Å². The molecule has 2 atom stereocenters. The number of hydrogen-bond acceptors (Lipinski definition) is 2. The van der Waals surface area contributed by atoms with Crippen LogP contribution in [0.15, 0.2) is 24.3 Å². The Balaban J connectivity index is 1.76. The van der Waals surface area contributed by atoms with Crippen molar-refractivity contribution in [2.75, 3.05) is 13.1 Å². The molecule has 2 aliphatic rings. The molecule has 1 heterocycles. The molecule has 0 amide bonds. The van der Waals surface area contributed by atoms with E-state index in [1.807, 2.05) is 0 Å². The minimum Gasteiger partial charge on any atom is -0.311 e. The maximum Gasteiger partial charge on any atom is 0.0338 e. The number of nitrogens with zero attached hydrogens (tertiary/aromatic N) is 1. The summed E-state index contributed by atoms with van der Waals surface area (Å²) in [6.07, 6.45) is 4.06. The Morgan fingerprint density at radius 2 is 2.00 bits per heavy atom. The van der Waals surface area contributed by atoms with Crippen molar-refractivity contribution in [1.29, 1.82) is 0 Å². The Labute approximate surface area is 136 Å². The third-order valence-corrected chi connectivity index (χ3v) is 5.87. The van der Waals surface area contributed by atoms with Gasteiger partial charge in [-0.1, -0.05) is 19.1 Å². The molecule has 3 heteroatoms. The van der Waals surface area contributed by atoms with Gasteiger partial charge in [0, 0.05) is 34.8 Å². The lowest BCUT2D eigenvalue weighted by Crippen LogP contribution is -2.63. The summed E-state index contributed by atoms with van der Waals surface area (Å²) in [5, 5.41) is 3.76. The molecule has 20 heavy (non-hydrogen) atoms. The van der Waals surface area contributed by atoms with E-state index in [0.717, 1.165) is 19.0 Å². The molecule has 0 spiro atoms. The van der Waals surface area contributed by atoms with Gasteiger partial charge in [0.2, 0.25) is 0 Å². The molecule has 1 aliphatic carbocycles. The summed E-state index contributed by atoms with van der Waals surface area (Å²) < 4.78 is 1.32. The second-order valence-electron chi connectivity index (χ2n) is 6.62. The highest BCUT2D eigenvalue weighted by molar-refractivity contribution is 14.1. The zero-order valence-corrected chi connectivity index (χ0v) is 14.7. The van der Waals surface area contributed by atoms with Crippen LogP contribution in [0.5, 0.6) is 0 Å². The van der Waals surface area contributed by atoms with Crippen LogP contribution in [0, 0.1) is 9.49 Å². The van der Waals surface area contributed by atoms with E-state index < -0.39 is 0 Å². The number of piperazine rings is 1. The van der Waals surface area contributed by atoms with Crippen LogP contribution < -0.4 is 5.32 Å². The Bertz CT molecular complexity index is 455. The number of benzene rings is 1. The van der Waals surface area contributed by atoms with Gasteiger partial charge in [0.1, 0.15) is 0 Å². The standard InChI is InChI=1S/C17H25IN2/c1-3-16-11-20(10-13-4-8-15(18)9-5-13)17(2,12-19-16)14-6-7-14/h4-5,8-9,14,16,19H,3,6-7,10-12H2,1-2H3. The molecular formula is C17H25IN2. The number of nitrogens with one attached hydrogen (secondary N) is 1. The second-order valence-corrected chi connectivity index (χ2v) is 7.87. The van der Waals surface area contributed by atoms with Crippen molar-refractivity contribution in [3.8, 4) is 0 Å². The summed E-state index contributed by atoms with van der Waals surface area (Å²) in [6, 6.07) is 9.69. The molecule has 2 nitrogen and oxygen atoms in total. The van der Waals surface area contributed by atoms with Crippen molar-refractivity contribution in [2.45, 2.75) is 51.2 Å². The predicted octanol–water partition coefficient (Wildman–Crippen LogP) is 3.64. The van der Waals surface area contributed by atoms with Crippen molar-refractivity contribution in [3.05, 3.63) is 33.4 Å². The van der Waals surface area contributed by atoms with Gasteiger partial charge in [0.05, 0.1) is 0 Å². The van der Waals surface area contributed by atoms with Gasteiger partial charge in [0.15, 0.2) is 0 Å². The van der Waals surface area contributed by atoms with Gasteiger partial charge in [-0.05, 0) is 72.4 Å². The van der Waals surface area contributed by atoms with Gasteiger partial charge in [-0.3, -0.25) is 4.90 Å². The zero-order valence-electron chi connectivity index (χ0n) is 12.5. The van der Waals surface area contributed by atoms with Gasteiger partial charge >= 0.3 is 0 Å². The lowest BCUT2D eigenvalue weighted by Gasteiger charge is -2.48. The molecule has 0 bridgehead atoms. The monoisotopic (exact) mass is 384 g/mol. The molecule has 110 valence electrons. The molecule has 2 unspecified atom stereocenters. The quantitative estimate of drug-likeness (QED) is 0.798. The molecule has 1 aromatic rings. The fourth-order valence-corrected chi connectivity index (χ4v) is 3.80. The highest BCUT2D eigenvalue weighted by atomic mass is 127. The first-order chi connectivity index (χ1) is 9.61. The van der Waals surface area contributed by atoms with Crippen LogP contribution in [0.1, 0.15) is 38.7 Å². The summed E-state index contributed by atoms with van der Waals surface area (Å²) in [4.78, 5) is 2.75. The van der Waals surface area contributed by atoms with Crippen LogP contribution in [-0.4, -0.2) is 29.6 Å². The first-order valence-corrected chi connectivity index (χ1v) is 8.92. The molecule has 1 aromatic carbocycles. The van der Waals surface area contributed by atoms with Crippen molar-refractivity contribution in [1.82, 2.24) is 10.2 Å². The van der Waals surface area contributed by atoms with Gasteiger partial charge < -0.3 is 5.32 Å². The minimum absolute atomic E-state index is 0.356. The van der Waals surface area contributed by atoms with Crippen LogP contribution in [0.25, 0.3) is 0 Å². The molecule has 1 aliphatic heterocycles. The SMILES string of the molecule is CCC1CN(Cc2ccc(I)cc2)C(C)(C2CC2)CN1. The third-order valence-electron chi connectivity index (χ3n) is 5.15.